The van der Waals surface area contributed by atoms with Crippen LogP contribution in [0.2, 0.25) is 10.0 Å². The molecule has 4 nitrogen and oxygen atoms in total. The van der Waals surface area contributed by atoms with Crippen LogP contribution in [-0.4, -0.2) is 16.8 Å². The molecular weight excluding hydrogens is 459 g/mol. The van der Waals surface area contributed by atoms with Crippen molar-refractivity contribution in [1.82, 2.24) is 0 Å². The highest BCUT2D eigenvalue weighted by atomic mass is 35.5. The van der Waals surface area contributed by atoms with Gasteiger partial charge in [0.15, 0.2) is 5.82 Å². The molecule has 3 rings (SSSR count). The lowest BCUT2D eigenvalue weighted by Crippen LogP contribution is -2.18. The first-order valence-electron chi connectivity index (χ1n) is 8.71. The molecule has 0 heterocycles. The van der Waals surface area contributed by atoms with E-state index in [-0.39, 0.29) is 23.8 Å². The molecule has 0 saturated heterocycles. The monoisotopic (exact) mass is 473 g/mol. The molecule has 1 fully saturated rings. The molecule has 29 heavy (non-hydrogen) atoms. The third-order valence-electron chi connectivity index (χ3n) is 4.66. The van der Waals surface area contributed by atoms with Crippen LogP contribution in [0.15, 0.2) is 36.4 Å². The van der Waals surface area contributed by atoms with E-state index in [9.17, 15) is 9.18 Å². The maximum atomic E-state index is 14.7. The lowest BCUT2D eigenvalue weighted by atomic mass is 10.1. The van der Waals surface area contributed by atoms with Crippen molar-refractivity contribution < 1.29 is 9.18 Å². The molecule has 1 aliphatic rings. The van der Waals surface area contributed by atoms with E-state index >= 15 is 0 Å². The van der Waals surface area contributed by atoms with Crippen LogP contribution in [0.4, 0.5) is 15.8 Å². The third kappa shape index (κ3) is 4.73. The molecule has 9 heteroatoms. The Morgan fingerprint density at radius 1 is 1.24 bits per heavy atom. The molecule has 1 amide bonds. The molecule has 2 aromatic rings. The second-order valence-corrected chi connectivity index (χ2v) is 9.22. The molecule has 1 aliphatic carbocycles. The molecule has 0 aromatic heterocycles. The van der Waals surface area contributed by atoms with Crippen LogP contribution in [0.3, 0.4) is 0 Å². The summed E-state index contributed by atoms with van der Waals surface area (Å²) in [7, 11) is 0. The normalized spacial score (nSPS) is 20.4. The zero-order valence-electron chi connectivity index (χ0n) is 15.1. The van der Waals surface area contributed by atoms with Crippen LogP contribution in [0.25, 0.3) is 0 Å². The van der Waals surface area contributed by atoms with Gasteiger partial charge in [0.25, 0.3) is 0 Å². The lowest BCUT2D eigenvalue weighted by molar-refractivity contribution is -0.117. The van der Waals surface area contributed by atoms with Gasteiger partial charge in [-0.15, -0.1) is 23.2 Å². The molecule has 0 bridgehead atoms. The maximum absolute atomic E-state index is 14.7. The maximum Gasteiger partial charge on any atom is 0.231 e. The van der Waals surface area contributed by atoms with E-state index < -0.39 is 27.9 Å². The second kappa shape index (κ2) is 8.57. The van der Waals surface area contributed by atoms with Crippen molar-refractivity contribution in [2.75, 3.05) is 17.2 Å². The Bertz CT molecular complexity index is 972. The van der Waals surface area contributed by atoms with E-state index in [2.05, 4.69) is 16.7 Å². The zero-order chi connectivity index (χ0) is 21.3. The van der Waals surface area contributed by atoms with Crippen molar-refractivity contribution in [2.24, 2.45) is 11.8 Å². The van der Waals surface area contributed by atoms with Crippen LogP contribution in [0, 0.1) is 29.0 Å². The first-order valence-corrected chi connectivity index (χ1v) is 10.2. The Labute approximate surface area is 187 Å². The Balaban J connectivity index is 1.76. The minimum Gasteiger partial charge on any atom is -0.381 e. The van der Waals surface area contributed by atoms with Crippen LogP contribution < -0.4 is 10.6 Å². The van der Waals surface area contributed by atoms with Crippen molar-refractivity contribution in [1.29, 1.82) is 5.26 Å². The number of amides is 1. The lowest BCUT2D eigenvalue weighted by Gasteiger charge is -2.12. The van der Waals surface area contributed by atoms with Crippen molar-refractivity contribution in [3.63, 3.8) is 0 Å². The van der Waals surface area contributed by atoms with Gasteiger partial charge in [0.05, 0.1) is 29.3 Å². The molecule has 3 atom stereocenters. The number of anilines is 2. The van der Waals surface area contributed by atoms with Gasteiger partial charge in [0, 0.05) is 22.5 Å². The summed E-state index contributed by atoms with van der Waals surface area (Å²) in [5, 5.41) is 15.0. The highest BCUT2D eigenvalue weighted by Gasteiger charge is 2.67. The zero-order valence-corrected chi connectivity index (χ0v) is 18.2. The Morgan fingerprint density at radius 2 is 1.86 bits per heavy atom. The highest BCUT2D eigenvalue weighted by molar-refractivity contribution is 6.53. The fraction of sp³-hybridized carbons (Fsp3) is 0.300. The van der Waals surface area contributed by atoms with Crippen molar-refractivity contribution >= 4 is 63.7 Å². The summed E-state index contributed by atoms with van der Waals surface area (Å²) >= 11 is 24.7. The molecule has 0 aliphatic heterocycles. The van der Waals surface area contributed by atoms with E-state index in [1.165, 1.54) is 12.1 Å². The van der Waals surface area contributed by atoms with Crippen molar-refractivity contribution in [2.45, 2.75) is 17.2 Å². The highest BCUT2D eigenvalue weighted by Crippen LogP contribution is 2.65. The number of nitriles is 1. The number of hydrogen-bond donors (Lipinski definition) is 2. The number of carbonyl (C=O) groups is 1. The van der Waals surface area contributed by atoms with Crippen molar-refractivity contribution in [3.05, 3.63) is 57.8 Å². The van der Waals surface area contributed by atoms with Crippen LogP contribution in [-0.2, 0) is 4.79 Å². The van der Waals surface area contributed by atoms with Gasteiger partial charge < -0.3 is 10.6 Å². The fourth-order valence-corrected chi connectivity index (χ4v) is 4.48. The molecular formula is C20H16Cl4FN3O. The number of nitrogens with one attached hydrogen (secondary N) is 2. The number of hydrogen-bond acceptors (Lipinski definition) is 3. The Kier molecular flexibility index (Phi) is 6.50. The van der Waals surface area contributed by atoms with Gasteiger partial charge in [-0.25, -0.2) is 4.39 Å². The minimum absolute atomic E-state index is 0.0106. The average Bonchev–Trinajstić information content (AvgIpc) is 3.23. The van der Waals surface area contributed by atoms with Gasteiger partial charge in [0.1, 0.15) is 4.33 Å². The number of halogens is 5. The predicted molar refractivity (Wildman–Crippen MR) is 115 cm³/mol. The summed E-state index contributed by atoms with van der Waals surface area (Å²) in [4.78, 5) is 12.7. The van der Waals surface area contributed by atoms with E-state index in [1.54, 1.807) is 31.2 Å². The minimum atomic E-state index is -1.35. The smallest absolute Gasteiger partial charge is 0.231 e. The summed E-state index contributed by atoms with van der Waals surface area (Å²) in [6, 6.07) is 11.5. The number of alkyl halides is 2. The first kappa shape index (κ1) is 22.0. The summed E-state index contributed by atoms with van der Waals surface area (Å²) in [5.74, 6) is -2.77. The molecule has 2 N–H and O–H groups in total. The summed E-state index contributed by atoms with van der Waals surface area (Å²) < 4.78 is 13.4. The van der Waals surface area contributed by atoms with E-state index in [0.29, 0.717) is 15.6 Å². The van der Waals surface area contributed by atoms with Gasteiger partial charge in [-0.1, -0.05) is 29.3 Å². The van der Waals surface area contributed by atoms with Gasteiger partial charge in [-0.2, -0.15) is 5.26 Å². The first-order chi connectivity index (χ1) is 13.6. The number of benzene rings is 2. The largest absolute Gasteiger partial charge is 0.381 e. The SMILES string of the molecule is CC(C#N)CNc1cccc(NC(=O)[C@H]2[C@H](c3cc(Cl)cc(Cl)c3)C2(Cl)Cl)c1F. The van der Waals surface area contributed by atoms with Gasteiger partial charge in [-0.05, 0) is 42.8 Å². The van der Waals surface area contributed by atoms with Crippen LogP contribution >= 0.6 is 46.4 Å². The fourth-order valence-electron chi connectivity index (χ4n) is 3.11. The molecule has 152 valence electrons. The van der Waals surface area contributed by atoms with Crippen LogP contribution in [0.5, 0.6) is 0 Å². The summed E-state index contributed by atoms with van der Waals surface area (Å²) in [6.45, 7) is 1.99. The van der Waals surface area contributed by atoms with Crippen LogP contribution in [0.1, 0.15) is 18.4 Å². The molecule has 1 unspecified atom stereocenters. The average molecular weight is 475 g/mol. The van der Waals surface area contributed by atoms with Crippen molar-refractivity contribution in [3.8, 4) is 6.07 Å². The van der Waals surface area contributed by atoms with E-state index in [1.807, 2.05) is 0 Å². The van der Waals surface area contributed by atoms with Gasteiger partial charge in [-0.3, -0.25) is 4.79 Å². The topological polar surface area (TPSA) is 64.9 Å². The van der Waals surface area contributed by atoms with Gasteiger partial charge >= 0.3 is 0 Å². The summed E-state index contributed by atoms with van der Waals surface area (Å²) in [6.07, 6.45) is 0. The van der Waals surface area contributed by atoms with E-state index in [4.69, 9.17) is 51.7 Å². The third-order valence-corrected chi connectivity index (χ3v) is 6.03. The van der Waals surface area contributed by atoms with E-state index in [0.717, 1.165) is 0 Å². The predicted octanol–water partition coefficient (Wildman–Crippen LogP) is 6.23. The summed E-state index contributed by atoms with van der Waals surface area (Å²) in [5.41, 5.74) is 0.805. The Hall–Kier alpha value is -1.71. The number of carbonyl (C=O) groups excluding carboxylic acids is 1. The number of nitrogens with zero attached hydrogens (tertiary/aromatic N) is 1. The van der Waals surface area contributed by atoms with Gasteiger partial charge in [0.2, 0.25) is 5.91 Å². The molecule has 1 saturated carbocycles. The standard InChI is InChI=1S/C20H16Cl4FN3O/c1-10(8-26)9-27-14-3-2-4-15(18(14)25)28-19(29)17-16(20(17,23)24)11-5-12(21)7-13(22)6-11/h2-7,10,16-17,27H,9H2,1H3,(H,28,29)/t10?,16-,17+/m0/s1. The molecule has 0 radical (unpaired) electrons. The quantitative estimate of drug-likeness (QED) is 0.487. The Morgan fingerprint density at radius 3 is 2.48 bits per heavy atom. The molecule has 0 spiro atoms. The second-order valence-electron chi connectivity index (χ2n) is 6.90. The molecule has 2 aromatic carbocycles. The number of rotatable bonds is 6.